The zero-order valence-electron chi connectivity index (χ0n) is 8.49. The van der Waals surface area contributed by atoms with Crippen molar-refractivity contribution in [1.82, 2.24) is 0 Å². The SMILES string of the molecule is C=CC(C)(CCC(=O)OCC)[N+](=O)[O-]. The van der Waals surface area contributed by atoms with Gasteiger partial charge >= 0.3 is 5.97 Å². The predicted octanol–water partition coefficient (Wildman–Crippen LogP) is 1.55. The van der Waals surface area contributed by atoms with Gasteiger partial charge in [0, 0.05) is 18.3 Å². The summed E-state index contributed by atoms with van der Waals surface area (Å²) in [5.41, 5.74) is -1.24. The molecule has 0 heterocycles. The molecule has 0 aliphatic carbocycles. The second kappa shape index (κ2) is 5.36. The van der Waals surface area contributed by atoms with Gasteiger partial charge in [0.25, 0.3) is 0 Å². The fraction of sp³-hybridized carbons (Fsp3) is 0.667. The van der Waals surface area contributed by atoms with Gasteiger partial charge in [-0.05, 0) is 13.0 Å². The van der Waals surface area contributed by atoms with E-state index in [2.05, 4.69) is 11.3 Å². The van der Waals surface area contributed by atoms with Crippen molar-refractivity contribution >= 4 is 5.97 Å². The number of carbonyl (C=O) groups excluding carboxylic acids is 1. The van der Waals surface area contributed by atoms with Gasteiger partial charge in [-0.2, -0.15) is 0 Å². The van der Waals surface area contributed by atoms with E-state index in [9.17, 15) is 14.9 Å². The summed E-state index contributed by atoms with van der Waals surface area (Å²) in [4.78, 5) is 21.1. The summed E-state index contributed by atoms with van der Waals surface area (Å²) in [7, 11) is 0. The van der Waals surface area contributed by atoms with E-state index in [4.69, 9.17) is 0 Å². The van der Waals surface area contributed by atoms with Crippen LogP contribution in [0.1, 0.15) is 26.7 Å². The highest BCUT2D eigenvalue weighted by Gasteiger charge is 2.33. The zero-order chi connectivity index (χ0) is 11.2. The molecule has 5 nitrogen and oxygen atoms in total. The lowest BCUT2D eigenvalue weighted by atomic mass is 9.97. The van der Waals surface area contributed by atoms with Gasteiger partial charge in [-0.25, -0.2) is 0 Å². The van der Waals surface area contributed by atoms with E-state index in [1.165, 1.54) is 13.0 Å². The van der Waals surface area contributed by atoms with E-state index >= 15 is 0 Å². The van der Waals surface area contributed by atoms with E-state index in [1.807, 2.05) is 0 Å². The van der Waals surface area contributed by atoms with Crippen LogP contribution in [0.3, 0.4) is 0 Å². The highest BCUT2D eigenvalue weighted by molar-refractivity contribution is 5.69. The van der Waals surface area contributed by atoms with Crippen molar-refractivity contribution in [2.24, 2.45) is 0 Å². The van der Waals surface area contributed by atoms with Crippen LogP contribution in [0.15, 0.2) is 12.7 Å². The van der Waals surface area contributed by atoms with Crippen LogP contribution in [-0.2, 0) is 9.53 Å². The minimum atomic E-state index is -1.24. The van der Waals surface area contributed by atoms with E-state index in [0.29, 0.717) is 6.61 Å². The lowest BCUT2D eigenvalue weighted by molar-refractivity contribution is -0.551. The molecule has 1 unspecified atom stereocenters. The minimum absolute atomic E-state index is 0.0390. The maximum Gasteiger partial charge on any atom is 0.306 e. The summed E-state index contributed by atoms with van der Waals surface area (Å²) in [6, 6.07) is 0. The number of ether oxygens (including phenoxy) is 1. The molecule has 0 rings (SSSR count). The lowest BCUT2D eigenvalue weighted by Crippen LogP contribution is -2.32. The van der Waals surface area contributed by atoms with Crippen LogP contribution < -0.4 is 0 Å². The molecule has 0 aliphatic rings. The fourth-order valence-corrected chi connectivity index (χ4v) is 0.856. The average Bonchev–Trinajstić information content (AvgIpc) is 2.14. The highest BCUT2D eigenvalue weighted by Crippen LogP contribution is 2.17. The monoisotopic (exact) mass is 201 g/mol. The maximum absolute atomic E-state index is 10.9. The van der Waals surface area contributed by atoms with Crippen LogP contribution in [0.5, 0.6) is 0 Å². The van der Waals surface area contributed by atoms with Crippen molar-refractivity contribution in [3.63, 3.8) is 0 Å². The minimum Gasteiger partial charge on any atom is -0.466 e. The van der Waals surface area contributed by atoms with Crippen LogP contribution in [0.4, 0.5) is 0 Å². The summed E-state index contributed by atoms with van der Waals surface area (Å²) >= 11 is 0. The lowest BCUT2D eigenvalue weighted by Gasteiger charge is -2.15. The molecule has 1 atom stereocenters. The van der Waals surface area contributed by atoms with Crippen LogP contribution in [0, 0.1) is 10.1 Å². The second-order valence-corrected chi connectivity index (χ2v) is 3.12. The largest absolute Gasteiger partial charge is 0.466 e. The maximum atomic E-state index is 10.9. The van der Waals surface area contributed by atoms with E-state index < -0.39 is 16.4 Å². The Kier molecular flexibility index (Phi) is 4.83. The fourth-order valence-electron chi connectivity index (χ4n) is 0.856. The van der Waals surface area contributed by atoms with Crippen molar-refractivity contribution < 1.29 is 14.5 Å². The van der Waals surface area contributed by atoms with E-state index in [0.717, 1.165) is 0 Å². The molecule has 0 saturated heterocycles. The quantitative estimate of drug-likeness (QED) is 0.283. The van der Waals surface area contributed by atoms with Gasteiger partial charge in [-0.3, -0.25) is 14.9 Å². The van der Waals surface area contributed by atoms with Gasteiger partial charge in [0.15, 0.2) is 0 Å². The van der Waals surface area contributed by atoms with Gasteiger partial charge in [0.2, 0.25) is 5.54 Å². The first-order chi connectivity index (χ1) is 6.46. The third kappa shape index (κ3) is 3.55. The van der Waals surface area contributed by atoms with Gasteiger partial charge < -0.3 is 4.74 Å². The Hall–Kier alpha value is -1.39. The van der Waals surface area contributed by atoms with Gasteiger partial charge in [-0.15, -0.1) is 0 Å². The molecule has 0 amide bonds. The Labute approximate surface area is 82.9 Å². The number of esters is 1. The molecular formula is C9H15NO4. The van der Waals surface area contributed by atoms with Crippen LogP contribution in [-0.4, -0.2) is 23.0 Å². The summed E-state index contributed by atoms with van der Waals surface area (Å²) in [6.45, 7) is 6.80. The topological polar surface area (TPSA) is 69.4 Å². The summed E-state index contributed by atoms with van der Waals surface area (Å²) in [5.74, 6) is -0.414. The smallest absolute Gasteiger partial charge is 0.306 e. The molecule has 80 valence electrons. The summed E-state index contributed by atoms with van der Waals surface area (Å²) in [6.07, 6.45) is 1.39. The highest BCUT2D eigenvalue weighted by atomic mass is 16.6. The molecule has 0 radical (unpaired) electrons. The van der Waals surface area contributed by atoms with Gasteiger partial charge in [0.05, 0.1) is 13.0 Å². The van der Waals surface area contributed by atoms with Crippen molar-refractivity contribution in [1.29, 1.82) is 0 Å². The van der Waals surface area contributed by atoms with Crippen molar-refractivity contribution in [2.75, 3.05) is 6.61 Å². The van der Waals surface area contributed by atoms with Crippen molar-refractivity contribution in [2.45, 2.75) is 32.2 Å². The van der Waals surface area contributed by atoms with Crippen molar-refractivity contribution in [3.05, 3.63) is 22.8 Å². The number of hydrogen-bond acceptors (Lipinski definition) is 4. The molecule has 0 saturated carbocycles. The molecule has 5 heteroatoms. The molecule has 0 aromatic heterocycles. The number of carbonyl (C=O) groups is 1. The first kappa shape index (κ1) is 12.6. The molecule has 0 aliphatic heterocycles. The molecule has 0 spiro atoms. The molecule has 14 heavy (non-hydrogen) atoms. The van der Waals surface area contributed by atoms with Gasteiger partial charge in [-0.1, -0.05) is 6.58 Å². The predicted molar refractivity (Wildman–Crippen MR) is 51.5 cm³/mol. The molecule has 0 bridgehead atoms. The molecule has 0 N–H and O–H groups in total. The normalized spacial score (nSPS) is 14.1. The third-order valence-corrected chi connectivity index (χ3v) is 2.00. The third-order valence-electron chi connectivity index (χ3n) is 2.00. The summed E-state index contributed by atoms with van der Waals surface area (Å²) in [5, 5.41) is 10.6. The molecule has 0 aromatic carbocycles. The van der Waals surface area contributed by atoms with E-state index in [-0.39, 0.29) is 12.8 Å². The number of nitro groups is 1. The Morgan fingerprint density at radius 3 is 2.64 bits per heavy atom. The summed E-state index contributed by atoms with van der Waals surface area (Å²) < 4.78 is 4.67. The number of rotatable bonds is 6. The first-order valence-corrected chi connectivity index (χ1v) is 4.40. The number of nitrogens with zero attached hydrogens (tertiary/aromatic N) is 1. The van der Waals surface area contributed by atoms with Crippen molar-refractivity contribution in [3.8, 4) is 0 Å². The Morgan fingerprint density at radius 2 is 2.29 bits per heavy atom. The van der Waals surface area contributed by atoms with Crippen LogP contribution >= 0.6 is 0 Å². The van der Waals surface area contributed by atoms with Crippen LogP contribution in [0.25, 0.3) is 0 Å². The van der Waals surface area contributed by atoms with E-state index in [1.54, 1.807) is 6.92 Å². The Bertz CT molecular complexity index is 239. The molecule has 0 aromatic rings. The van der Waals surface area contributed by atoms with Crippen LogP contribution in [0.2, 0.25) is 0 Å². The second-order valence-electron chi connectivity index (χ2n) is 3.12. The standard InChI is InChI=1S/C9H15NO4/c1-4-9(3,10(12)13)7-6-8(11)14-5-2/h4H,1,5-7H2,2-3H3. The average molecular weight is 201 g/mol. The Morgan fingerprint density at radius 1 is 1.71 bits per heavy atom. The zero-order valence-corrected chi connectivity index (χ0v) is 8.49. The molecular weight excluding hydrogens is 186 g/mol. The Balaban J connectivity index is 4.15. The van der Waals surface area contributed by atoms with Gasteiger partial charge in [0.1, 0.15) is 0 Å². The molecule has 0 fully saturated rings. The first-order valence-electron chi connectivity index (χ1n) is 4.40. The number of hydrogen-bond donors (Lipinski definition) is 0.